The Morgan fingerprint density at radius 1 is 1.32 bits per heavy atom. The highest BCUT2D eigenvalue weighted by atomic mass is 16.5. The van der Waals surface area contributed by atoms with Crippen molar-refractivity contribution >= 4 is 5.82 Å². The molecule has 0 bridgehead atoms. The summed E-state index contributed by atoms with van der Waals surface area (Å²) in [6, 6.07) is 2.57. The lowest BCUT2D eigenvalue weighted by molar-refractivity contribution is 0.0988. The van der Waals surface area contributed by atoms with Crippen molar-refractivity contribution in [2.24, 2.45) is 0 Å². The number of fused-ring (bicyclic) bond motifs is 1. The predicted molar refractivity (Wildman–Crippen MR) is 95.4 cm³/mol. The van der Waals surface area contributed by atoms with Gasteiger partial charge in [0.05, 0.1) is 17.4 Å². The molecule has 1 fully saturated rings. The monoisotopic (exact) mass is 342 g/mol. The second-order valence-corrected chi connectivity index (χ2v) is 7.26. The van der Waals surface area contributed by atoms with Gasteiger partial charge in [-0.2, -0.15) is 5.10 Å². The molecule has 0 amide bonds. The number of hydrogen-bond acceptors (Lipinski definition) is 6. The first-order valence-electron chi connectivity index (χ1n) is 9.06. The number of likely N-dealkylation sites (N-methyl/N-ethyl adjacent to an activating group) is 1. The summed E-state index contributed by atoms with van der Waals surface area (Å²) in [5, 5.41) is 8.11. The minimum Gasteiger partial charge on any atom is -0.370 e. The summed E-state index contributed by atoms with van der Waals surface area (Å²) in [6.45, 7) is 6.97. The van der Waals surface area contributed by atoms with Crippen LogP contribution in [0.5, 0.6) is 0 Å². The second kappa shape index (κ2) is 6.72. The Kier molecular flexibility index (Phi) is 4.43. The third kappa shape index (κ3) is 3.14. The van der Waals surface area contributed by atoms with Crippen molar-refractivity contribution in [1.29, 1.82) is 0 Å². The van der Waals surface area contributed by atoms with Crippen LogP contribution in [0, 0.1) is 0 Å². The molecule has 2 aliphatic rings. The molecule has 7 nitrogen and oxygen atoms in total. The van der Waals surface area contributed by atoms with Gasteiger partial charge in [0, 0.05) is 43.9 Å². The maximum absolute atomic E-state index is 6.06. The van der Waals surface area contributed by atoms with Crippen molar-refractivity contribution in [3.05, 3.63) is 35.5 Å². The standard InChI is InChI=1S/C18H26N6O/c1-12(2)24-16(4-7-21-24)17-15(6-9-25-17)22-18-13-10-23(3)8-5-14(13)19-11-20-18/h4,7,11-12,15,17H,5-6,8-10H2,1-3H3,(H,19,20,22)/t15-,17-/m0/s1. The number of aromatic nitrogens is 4. The highest BCUT2D eigenvalue weighted by molar-refractivity contribution is 5.48. The largest absolute Gasteiger partial charge is 0.370 e. The van der Waals surface area contributed by atoms with Crippen LogP contribution in [0.3, 0.4) is 0 Å². The zero-order valence-electron chi connectivity index (χ0n) is 15.1. The molecule has 0 aliphatic carbocycles. The van der Waals surface area contributed by atoms with Gasteiger partial charge in [-0.15, -0.1) is 0 Å². The number of rotatable bonds is 4. The van der Waals surface area contributed by atoms with E-state index in [4.69, 9.17) is 4.74 Å². The predicted octanol–water partition coefficient (Wildman–Crippen LogP) is 2.18. The number of anilines is 1. The fraction of sp³-hybridized carbons (Fsp3) is 0.611. The van der Waals surface area contributed by atoms with Gasteiger partial charge in [0.15, 0.2) is 0 Å². The average molecular weight is 342 g/mol. The van der Waals surface area contributed by atoms with Gasteiger partial charge in [-0.1, -0.05) is 0 Å². The molecule has 2 aromatic heterocycles. The van der Waals surface area contributed by atoms with Gasteiger partial charge in [-0.3, -0.25) is 4.68 Å². The summed E-state index contributed by atoms with van der Waals surface area (Å²) in [4.78, 5) is 11.3. The van der Waals surface area contributed by atoms with E-state index >= 15 is 0 Å². The van der Waals surface area contributed by atoms with Crippen molar-refractivity contribution in [1.82, 2.24) is 24.6 Å². The van der Waals surface area contributed by atoms with E-state index in [0.717, 1.165) is 44.0 Å². The lowest BCUT2D eigenvalue weighted by Crippen LogP contribution is -2.31. The zero-order chi connectivity index (χ0) is 17.4. The Bertz CT molecular complexity index is 743. The fourth-order valence-electron chi connectivity index (χ4n) is 3.79. The van der Waals surface area contributed by atoms with Gasteiger partial charge in [-0.25, -0.2) is 9.97 Å². The van der Waals surface area contributed by atoms with Crippen LogP contribution in [0.2, 0.25) is 0 Å². The first kappa shape index (κ1) is 16.5. The Labute approximate surface area is 148 Å². The van der Waals surface area contributed by atoms with Crippen molar-refractivity contribution in [2.75, 3.05) is 25.5 Å². The van der Waals surface area contributed by atoms with E-state index in [2.05, 4.69) is 52.2 Å². The highest BCUT2D eigenvalue weighted by Crippen LogP contribution is 2.33. The van der Waals surface area contributed by atoms with Crippen LogP contribution in [-0.4, -0.2) is 50.9 Å². The number of nitrogens with zero attached hydrogens (tertiary/aromatic N) is 5. The number of hydrogen-bond donors (Lipinski definition) is 1. The van der Waals surface area contributed by atoms with Crippen molar-refractivity contribution in [2.45, 2.75) is 51.4 Å². The van der Waals surface area contributed by atoms with Gasteiger partial charge in [0.2, 0.25) is 0 Å². The number of ether oxygens (including phenoxy) is 1. The first-order valence-corrected chi connectivity index (χ1v) is 9.06. The summed E-state index contributed by atoms with van der Waals surface area (Å²) in [5.74, 6) is 0.952. The van der Waals surface area contributed by atoms with Crippen LogP contribution >= 0.6 is 0 Å². The highest BCUT2D eigenvalue weighted by Gasteiger charge is 2.33. The maximum Gasteiger partial charge on any atom is 0.134 e. The van der Waals surface area contributed by atoms with Crippen LogP contribution in [0.1, 0.15) is 49.4 Å². The van der Waals surface area contributed by atoms with Gasteiger partial charge < -0.3 is 15.0 Å². The fourth-order valence-corrected chi connectivity index (χ4v) is 3.79. The maximum atomic E-state index is 6.06. The van der Waals surface area contributed by atoms with E-state index in [1.807, 2.05) is 10.9 Å². The van der Waals surface area contributed by atoms with E-state index in [9.17, 15) is 0 Å². The van der Waals surface area contributed by atoms with Crippen LogP contribution < -0.4 is 5.32 Å². The van der Waals surface area contributed by atoms with Gasteiger partial charge in [-0.05, 0) is 33.4 Å². The molecule has 25 heavy (non-hydrogen) atoms. The minimum atomic E-state index is -0.00293. The SMILES string of the molecule is CC(C)n1nccc1[C@H]1OCC[C@@H]1Nc1ncnc2c1CN(C)CC2. The molecule has 2 aromatic rings. The Hall–Kier alpha value is -1.99. The van der Waals surface area contributed by atoms with Crippen molar-refractivity contribution in [3.63, 3.8) is 0 Å². The third-order valence-electron chi connectivity index (χ3n) is 5.09. The Morgan fingerprint density at radius 2 is 2.20 bits per heavy atom. The lowest BCUT2D eigenvalue weighted by atomic mass is 10.0. The van der Waals surface area contributed by atoms with E-state index in [1.54, 1.807) is 6.33 Å². The molecule has 4 rings (SSSR count). The second-order valence-electron chi connectivity index (χ2n) is 7.26. The average Bonchev–Trinajstić information content (AvgIpc) is 3.24. The molecule has 2 aliphatic heterocycles. The molecule has 134 valence electrons. The van der Waals surface area contributed by atoms with E-state index in [0.29, 0.717) is 6.04 Å². The summed E-state index contributed by atoms with van der Waals surface area (Å²) in [7, 11) is 2.14. The van der Waals surface area contributed by atoms with Crippen molar-refractivity contribution < 1.29 is 4.74 Å². The molecule has 1 saturated heterocycles. The molecule has 0 aromatic carbocycles. The Balaban J connectivity index is 1.59. The minimum absolute atomic E-state index is 0.00293. The molecular formula is C18H26N6O. The lowest BCUT2D eigenvalue weighted by Gasteiger charge is -2.28. The molecule has 0 unspecified atom stereocenters. The molecular weight excluding hydrogens is 316 g/mol. The molecule has 1 N–H and O–H groups in total. The van der Waals surface area contributed by atoms with E-state index in [1.165, 1.54) is 11.3 Å². The summed E-state index contributed by atoms with van der Waals surface area (Å²) >= 11 is 0. The molecule has 2 atom stereocenters. The van der Waals surface area contributed by atoms with Crippen LogP contribution in [0.15, 0.2) is 18.6 Å². The molecule has 0 radical (unpaired) electrons. The summed E-state index contributed by atoms with van der Waals surface area (Å²) < 4.78 is 8.11. The topological polar surface area (TPSA) is 68.1 Å². The van der Waals surface area contributed by atoms with E-state index < -0.39 is 0 Å². The quantitative estimate of drug-likeness (QED) is 0.919. The third-order valence-corrected chi connectivity index (χ3v) is 5.09. The molecule has 7 heteroatoms. The van der Waals surface area contributed by atoms with Crippen LogP contribution in [0.4, 0.5) is 5.82 Å². The molecule has 4 heterocycles. The number of nitrogens with one attached hydrogen (secondary N) is 1. The Morgan fingerprint density at radius 3 is 3.04 bits per heavy atom. The summed E-state index contributed by atoms with van der Waals surface area (Å²) in [5.41, 5.74) is 3.52. The molecule has 0 spiro atoms. The summed E-state index contributed by atoms with van der Waals surface area (Å²) in [6.07, 6.45) is 5.47. The van der Waals surface area contributed by atoms with Crippen LogP contribution in [-0.2, 0) is 17.7 Å². The first-order chi connectivity index (χ1) is 12.1. The van der Waals surface area contributed by atoms with Crippen LogP contribution in [0.25, 0.3) is 0 Å². The smallest absolute Gasteiger partial charge is 0.134 e. The zero-order valence-corrected chi connectivity index (χ0v) is 15.1. The van der Waals surface area contributed by atoms with E-state index in [-0.39, 0.29) is 12.1 Å². The van der Waals surface area contributed by atoms with Crippen molar-refractivity contribution in [3.8, 4) is 0 Å². The van der Waals surface area contributed by atoms with Gasteiger partial charge in [0.25, 0.3) is 0 Å². The normalized spacial score (nSPS) is 23.8. The van der Waals surface area contributed by atoms with Gasteiger partial charge >= 0.3 is 0 Å². The van der Waals surface area contributed by atoms with Gasteiger partial charge in [0.1, 0.15) is 18.2 Å². The molecule has 0 saturated carbocycles.